The molecule has 4 nitrogen and oxygen atoms in total. The van der Waals surface area contributed by atoms with Gasteiger partial charge in [0.05, 0.1) is 5.38 Å². The second-order valence-corrected chi connectivity index (χ2v) is 6.91. The van der Waals surface area contributed by atoms with E-state index in [4.69, 9.17) is 21.6 Å². The summed E-state index contributed by atoms with van der Waals surface area (Å²) in [7, 11) is 2.19. The highest BCUT2D eigenvalue weighted by Gasteiger charge is 2.28. The largest absolute Gasteiger partial charge is 0.308 e. The van der Waals surface area contributed by atoms with Crippen molar-refractivity contribution < 1.29 is 0 Å². The third kappa shape index (κ3) is 2.67. The fourth-order valence-corrected chi connectivity index (χ4v) is 3.38. The normalized spacial score (nSPS) is 25.4. The summed E-state index contributed by atoms with van der Waals surface area (Å²) in [5, 5.41) is -0.102. The van der Waals surface area contributed by atoms with Crippen LogP contribution >= 0.6 is 11.6 Å². The van der Waals surface area contributed by atoms with Gasteiger partial charge in [-0.3, -0.25) is 0 Å². The van der Waals surface area contributed by atoms with E-state index in [1.165, 1.54) is 0 Å². The summed E-state index contributed by atoms with van der Waals surface area (Å²) in [6.07, 6.45) is 2.24. The van der Waals surface area contributed by atoms with E-state index in [0.717, 1.165) is 42.1 Å². The summed E-state index contributed by atoms with van der Waals surface area (Å²) >= 11 is 6.38. The minimum absolute atomic E-state index is 0.102. The van der Waals surface area contributed by atoms with E-state index in [9.17, 15) is 0 Å². The van der Waals surface area contributed by atoms with Gasteiger partial charge in [-0.1, -0.05) is 0 Å². The van der Waals surface area contributed by atoms with Gasteiger partial charge in [-0.25, -0.2) is 9.97 Å². The fourth-order valence-electron chi connectivity index (χ4n) is 3.23. The van der Waals surface area contributed by atoms with Crippen LogP contribution in [0.2, 0.25) is 0 Å². The van der Waals surface area contributed by atoms with Crippen LogP contribution in [-0.4, -0.2) is 39.1 Å². The summed E-state index contributed by atoms with van der Waals surface area (Å²) in [5.74, 6) is 0.950. The maximum Gasteiger partial charge on any atom is 0.160 e. The lowest BCUT2D eigenvalue weighted by Gasteiger charge is -2.36. The van der Waals surface area contributed by atoms with E-state index in [-0.39, 0.29) is 5.38 Å². The molecule has 2 aromatic rings. The Balaban J connectivity index is 2.10. The number of piperidine rings is 1. The number of hydrogen-bond donors (Lipinski definition) is 0. The highest BCUT2D eigenvalue weighted by atomic mass is 35.5. The number of halogens is 1. The lowest BCUT2D eigenvalue weighted by Crippen LogP contribution is -2.38. The van der Waals surface area contributed by atoms with Crippen molar-refractivity contribution in [3.05, 3.63) is 23.7 Å². The van der Waals surface area contributed by atoms with Crippen molar-refractivity contribution in [2.24, 2.45) is 0 Å². The Morgan fingerprint density at radius 1 is 1.33 bits per heavy atom. The lowest BCUT2D eigenvalue weighted by atomic mass is 9.98. The minimum Gasteiger partial charge on any atom is -0.308 e. The average Bonchev–Trinajstić information content (AvgIpc) is 2.80. The summed E-state index contributed by atoms with van der Waals surface area (Å²) in [6, 6.07) is 5.07. The molecule has 21 heavy (non-hydrogen) atoms. The van der Waals surface area contributed by atoms with E-state index < -0.39 is 0 Å². The number of pyridine rings is 1. The van der Waals surface area contributed by atoms with Crippen LogP contribution in [0.3, 0.4) is 0 Å². The molecule has 1 fully saturated rings. The molecule has 2 aromatic heterocycles. The topological polar surface area (TPSA) is 34.0 Å². The molecule has 0 bridgehead atoms. The summed E-state index contributed by atoms with van der Waals surface area (Å²) < 4.78 is 2.30. The zero-order valence-corrected chi connectivity index (χ0v) is 13.9. The van der Waals surface area contributed by atoms with Gasteiger partial charge in [0.15, 0.2) is 5.65 Å². The Bertz CT molecular complexity index is 649. The number of fused-ring (bicyclic) bond motifs is 1. The number of nitrogens with zero attached hydrogens (tertiary/aromatic N) is 4. The molecule has 1 saturated heterocycles. The molecule has 1 aliphatic rings. The molecule has 0 radical (unpaired) electrons. The number of likely N-dealkylation sites (tertiary alicyclic amines) is 1. The maximum absolute atomic E-state index is 6.38. The smallest absolute Gasteiger partial charge is 0.160 e. The first-order valence-electron chi connectivity index (χ1n) is 7.67. The summed E-state index contributed by atoms with van der Waals surface area (Å²) in [6.45, 7) is 7.41. The number of aromatic nitrogens is 3. The molecular formula is C16H23ClN4. The molecule has 0 saturated carbocycles. The van der Waals surface area contributed by atoms with E-state index >= 15 is 0 Å². The number of aryl methyl sites for hydroxylation is 1. The zero-order valence-electron chi connectivity index (χ0n) is 13.2. The van der Waals surface area contributed by atoms with Crippen LogP contribution in [0.4, 0.5) is 0 Å². The number of alkyl halides is 1. The number of hydrogen-bond acceptors (Lipinski definition) is 3. The van der Waals surface area contributed by atoms with Gasteiger partial charge in [0.2, 0.25) is 0 Å². The third-order valence-electron chi connectivity index (χ3n) is 4.61. The monoisotopic (exact) mass is 306 g/mol. The molecule has 114 valence electrons. The van der Waals surface area contributed by atoms with Crippen LogP contribution in [-0.2, 0) is 0 Å². The van der Waals surface area contributed by atoms with Gasteiger partial charge < -0.3 is 9.47 Å². The minimum atomic E-state index is -0.102. The standard InChI is InChI=1S/C16H23ClN4/c1-10-5-6-14-16(18-10)21(15(19-14)12(3)17)13-7-8-20(4)11(2)9-13/h5-6,11-13H,7-9H2,1-4H3. The van der Waals surface area contributed by atoms with Crippen LogP contribution in [0.1, 0.15) is 49.6 Å². The van der Waals surface area contributed by atoms with Crippen molar-refractivity contribution >= 4 is 22.8 Å². The van der Waals surface area contributed by atoms with Gasteiger partial charge in [-0.2, -0.15) is 0 Å². The Kier molecular flexibility index (Phi) is 3.93. The summed E-state index contributed by atoms with van der Waals surface area (Å²) in [4.78, 5) is 11.9. The van der Waals surface area contributed by atoms with Crippen molar-refractivity contribution in [2.45, 2.75) is 51.1 Å². The molecule has 5 heteroatoms. The number of imidazole rings is 1. The van der Waals surface area contributed by atoms with E-state index in [1.807, 2.05) is 19.9 Å². The van der Waals surface area contributed by atoms with Crippen molar-refractivity contribution in [3.8, 4) is 0 Å². The van der Waals surface area contributed by atoms with Crippen LogP contribution < -0.4 is 0 Å². The second-order valence-electron chi connectivity index (χ2n) is 6.26. The Morgan fingerprint density at radius 2 is 2.10 bits per heavy atom. The van der Waals surface area contributed by atoms with Crippen molar-refractivity contribution in [1.29, 1.82) is 0 Å². The highest BCUT2D eigenvalue weighted by Crippen LogP contribution is 2.33. The molecule has 0 aliphatic carbocycles. The predicted molar refractivity (Wildman–Crippen MR) is 86.9 cm³/mol. The first kappa shape index (κ1) is 14.8. The van der Waals surface area contributed by atoms with Gasteiger partial charge in [-0.05, 0) is 52.8 Å². The Morgan fingerprint density at radius 3 is 2.76 bits per heavy atom. The van der Waals surface area contributed by atoms with Gasteiger partial charge in [0, 0.05) is 24.3 Å². The third-order valence-corrected chi connectivity index (χ3v) is 4.80. The molecule has 0 amide bonds. The quantitative estimate of drug-likeness (QED) is 0.793. The molecule has 0 N–H and O–H groups in total. The summed E-state index contributed by atoms with van der Waals surface area (Å²) in [5.41, 5.74) is 2.97. The molecule has 3 unspecified atom stereocenters. The first-order valence-corrected chi connectivity index (χ1v) is 8.10. The van der Waals surface area contributed by atoms with Crippen LogP contribution in [0.5, 0.6) is 0 Å². The van der Waals surface area contributed by atoms with Crippen molar-refractivity contribution in [3.63, 3.8) is 0 Å². The highest BCUT2D eigenvalue weighted by molar-refractivity contribution is 6.20. The van der Waals surface area contributed by atoms with Crippen LogP contribution in [0.15, 0.2) is 12.1 Å². The fraction of sp³-hybridized carbons (Fsp3) is 0.625. The Hall–Kier alpha value is -1.13. The van der Waals surface area contributed by atoms with Crippen molar-refractivity contribution in [1.82, 2.24) is 19.4 Å². The van der Waals surface area contributed by atoms with E-state index in [0.29, 0.717) is 12.1 Å². The van der Waals surface area contributed by atoms with E-state index in [1.54, 1.807) is 0 Å². The molecule has 0 aromatic carbocycles. The zero-order chi connectivity index (χ0) is 15.1. The van der Waals surface area contributed by atoms with Crippen LogP contribution in [0, 0.1) is 6.92 Å². The van der Waals surface area contributed by atoms with Crippen LogP contribution in [0.25, 0.3) is 11.2 Å². The molecule has 3 heterocycles. The number of rotatable bonds is 2. The van der Waals surface area contributed by atoms with Gasteiger partial charge in [-0.15, -0.1) is 11.6 Å². The van der Waals surface area contributed by atoms with Crippen molar-refractivity contribution in [2.75, 3.05) is 13.6 Å². The maximum atomic E-state index is 6.38. The van der Waals surface area contributed by atoms with E-state index in [2.05, 4.69) is 29.5 Å². The molecule has 1 aliphatic heterocycles. The first-order chi connectivity index (χ1) is 9.97. The predicted octanol–water partition coefficient (Wildman–Crippen LogP) is 3.69. The lowest BCUT2D eigenvalue weighted by molar-refractivity contribution is 0.157. The average molecular weight is 307 g/mol. The molecule has 0 spiro atoms. The van der Waals surface area contributed by atoms with Gasteiger partial charge in [0.25, 0.3) is 0 Å². The van der Waals surface area contributed by atoms with Gasteiger partial charge >= 0.3 is 0 Å². The second kappa shape index (κ2) is 5.58. The molecular weight excluding hydrogens is 284 g/mol. The molecule has 3 rings (SSSR count). The Labute approximate surface area is 131 Å². The van der Waals surface area contributed by atoms with Gasteiger partial charge in [0.1, 0.15) is 11.3 Å². The SMILES string of the molecule is Cc1ccc2nc(C(C)Cl)n(C3CCN(C)C(C)C3)c2n1. The molecule has 3 atom stereocenters.